The Morgan fingerprint density at radius 3 is 2.73 bits per heavy atom. The first-order valence-electron chi connectivity index (χ1n) is 2.94. The number of carbonyl (C=O) groups excluding carboxylic acids is 1. The van der Waals surface area contributed by atoms with Gasteiger partial charge in [0.2, 0.25) is 0 Å². The number of nitrogen functional groups attached to an aromatic ring is 1. The molecular formula is C7H7NOS2. The molecular weight excluding hydrogens is 178 g/mol. The van der Waals surface area contributed by atoms with E-state index in [1.165, 1.54) is 10.8 Å². The molecule has 0 fully saturated rings. The Morgan fingerprint density at radius 1 is 1.55 bits per heavy atom. The van der Waals surface area contributed by atoms with Gasteiger partial charge in [-0.2, -0.15) is 0 Å². The number of nitrogens with two attached hydrogens (primary N) is 1. The number of anilines is 1. The molecule has 2 N–H and O–H groups in total. The average Bonchev–Trinajstić information content (AvgIpc) is 2.04. The van der Waals surface area contributed by atoms with Crippen LogP contribution in [0.2, 0.25) is 0 Å². The van der Waals surface area contributed by atoms with Crippen molar-refractivity contribution < 1.29 is 4.79 Å². The highest BCUT2D eigenvalue weighted by Gasteiger charge is 1.97. The SMILES string of the molecule is Nc1cc(C=O)ccc1SS. The van der Waals surface area contributed by atoms with E-state index in [0.29, 0.717) is 11.3 Å². The van der Waals surface area contributed by atoms with Crippen molar-refractivity contribution in [2.24, 2.45) is 0 Å². The monoisotopic (exact) mass is 185 g/mol. The van der Waals surface area contributed by atoms with Gasteiger partial charge in [0.05, 0.1) is 0 Å². The van der Waals surface area contributed by atoms with Gasteiger partial charge in [0, 0.05) is 16.1 Å². The minimum Gasteiger partial charge on any atom is -0.398 e. The normalized spacial score (nSPS) is 9.55. The van der Waals surface area contributed by atoms with Crippen molar-refractivity contribution in [1.82, 2.24) is 0 Å². The van der Waals surface area contributed by atoms with E-state index in [0.717, 1.165) is 11.2 Å². The number of carbonyl (C=O) groups is 1. The second-order valence-corrected chi connectivity index (χ2v) is 3.18. The van der Waals surface area contributed by atoms with Gasteiger partial charge in [0.25, 0.3) is 0 Å². The molecule has 0 radical (unpaired) electrons. The van der Waals surface area contributed by atoms with Gasteiger partial charge in [-0.3, -0.25) is 4.79 Å². The largest absolute Gasteiger partial charge is 0.398 e. The fourth-order valence-corrected chi connectivity index (χ4v) is 1.52. The molecule has 0 saturated carbocycles. The average molecular weight is 185 g/mol. The summed E-state index contributed by atoms with van der Waals surface area (Å²) in [6.45, 7) is 0. The zero-order chi connectivity index (χ0) is 8.27. The Labute approximate surface area is 74.0 Å². The van der Waals surface area contributed by atoms with Gasteiger partial charge < -0.3 is 5.73 Å². The number of rotatable bonds is 2. The van der Waals surface area contributed by atoms with Gasteiger partial charge in [-0.25, -0.2) is 0 Å². The van der Waals surface area contributed by atoms with E-state index in [4.69, 9.17) is 5.73 Å². The summed E-state index contributed by atoms with van der Waals surface area (Å²) < 4.78 is 0. The second-order valence-electron chi connectivity index (χ2n) is 2.01. The van der Waals surface area contributed by atoms with E-state index in [-0.39, 0.29) is 0 Å². The van der Waals surface area contributed by atoms with Gasteiger partial charge >= 0.3 is 0 Å². The fraction of sp³-hybridized carbons (Fsp3) is 0. The van der Waals surface area contributed by atoms with Crippen molar-refractivity contribution in [1.29, 1.82) is 0 Å². The molecule has 1 aromatic carbocycles. The third-order valence-electron chi connectivity index (χ3n) is 1.27. The van der Waals surface area contributed by atoms with Crippen LogP contribution in [0, 0.1) is 0 Å². The van der Waals surface area contributed by atoms with Crippen molar-refractivity contribution >= 4 is 34.4 Å². The van der Waals surface area contributed by atoms with E-state index in [1.54, 1.807) is 18.2 Å². The predicted octanol–water partition coefficient (Wildman–Crippen LogP) is 2.02. The number of aldehydes is 1. The van der Waals surface area contributed by atoms with E-state index >= 15 is 0 Å². The van der Waals surface area contributed by atoms with Crippen LogP contribution in [0.1, 0.15) is 10.4 Å². The summed E-state index contributed by atoms with van der Waals surface area (Å²) >= 11 is 3.99. The Balaban J connectivity index is 3.09. The molecule has 0 unspecified atom stereocenters. The lowest BCUT2D eigenvalue weighted by molar-refractivity contribution is 0.112. The van der Waals surface area contributed by atoms with Gasteiger partial charge in [-0.15, -0.1) is 11.7 Å². The zero-order valence-electron chi connectivity index (χ0n) is 5.65. The summed E-state index contributed by atoms with van der Waals surface area (Å²) in [5, 5.41) is 0. The Bertz CT molecular complexity index is 275. The number of hydrogen-bond donors (Lipinski definition) is 2. The molecule has 1 aromatic rings. The van der Waals surface area contributed by atoms with Crippen molar-refractivity contribution in [3.8, 4) is 0 Å². The Kier molecular flexibility index (Phi) is 2.84. The summed E-state index contributed by atoms with van der Waals surface area (Å²) in [5.74, 6) is 0. The molecule has 0 amide bonds. The van der Waals surface area contributed by atoms with Crippen LogP contribution in [0.4, 0.5) is 5.69 Å². The molecule has 0 bridgehead atoms. The summed E-state index contributed by atoms with van der Waals surface area (Å²) in [6, 6.07) is 5.12. The van der Waals surface area contributed by atoms with Crippen molar-refractivity contribution in [3.05, 3.63) is 23.8 Å². The van der Waals surface area contributed by atoms with Crippen LogP contribution in [-0.2, 0) is 0 Å². The lowest BCUT2D eigenvalue weighted by atomic mass is 10.2. The van der Waals surface area contributed by atoms with Crippen LogP contribution in [0.3, 0.4) is 0 Å². The molecule has 0 aromatic heterocycles. The van der Waals surface area contributed by atoms with E-state index in [9.17, 15) is 4.79 Å². The first-order valence-corrected chi connectivity index (χ1v) is 4.81. The Morgan fingerprint density at radius 2 is 2.27 bits per heavy atom. The summed E-state index contributed by atoms with van der Waals surface area (Å²) in [5.41, 5.74) is 6.76. The van der Waals surface area contributed by atoms with Gasteiger partial charge in [-0.05, 0) is 12.1 Å². The first kappa shape index (κ1) is 8.49. The summed E-state index contributed by atoms with van der Waals surface area (Å²) in [7, 11) is 1.27. The third-order valence-corrected chi connectivity index (χ3v) is 2.43. The van der Waals surface area contributed by atoms with Gasteiger partial charge in [-0.1, -0.05) is 16.9 Å². The minimum atomic E-state index is 0.591. The predicted molar refractivity (Wildman–Crippen MR) is 51.1 cm³/mol. The maximum Gasteiger partial charge on any atom is 0.150 e. The third kappa shape index (κ3) is 1.91. The highest BCUT2D eigenvalue weighted by molar-refractivity contribution is 8.68. The topological polar surface area (TPSA) is 43.1 Å². The lowest BCUT2D eigenvalue weighted by Gasteiger charge is -2.00. The number of thiol groups is 1. The van der Waals surface area contributed by atoms with Crippen LogP contribution in [-0.4, -0.2) is 6.29 Å². The van der Waals surface area contributed by atoms with Crippen LogP contribution < -0.4 is 5.73 Å². The van der Waals surface area contributed by atoms with Crippen LogP contribution in [0.15, 0.2) is 23.1 Å². The lowest BCUT2D eigenvalue weighted by Crippen LogP contribution is -1.89. The molecule has 1 rings (SSSR count). The van der Waals surface area contributed by atoms with E-state index < -0.39 is 0 Å². The second kappa shape index (κ2) is 3.69. The molecule has 58 valence electrons. The quantitative estimate of drug-likeness (QED) is 0.320. The summed E-state index contributed by atoms with van der Waals surface area (Å²) in [4.78, 5) is 11.2. The highest BCUT2D eigenvalue weighted by atomic mass is 33.1. The molecule has 0 spiro atoms. The molecule has 0 saturated heterocycles. The standard InChI is InChI=1S/C7H7NOS2/c8-6-3-5(4-9)1-2-7(6)11-10/h1-4,10H,8H2. The van der Waals surface area contributed by atoms with E-state index in [1.807, 2.05) is 0 Å². The zero-order valence-corrected chi connectivity index (χ0v) is 7.36. The van der Waals surface area contributed by atoms with Crippen LogP contribution in [0.25, 0.3) is 0 Å². The maximum absolute atomic E-state index is 10.3. The van der Waals surface area contributed by atoms with Gasteiger partial charge in [0.15, 0.2) is 0 Å². The number of benzene rings is 1. The van der Waals surface area contributed by atoms with Crippen molar-refractivity contribution in [2.45, 2.75) is 4.90 Å². The van der Waals surface area contributed by atoms with Crippen molar-refractivity contribution in [3.63, 3.8) is 0 Å². The smallest absolute Gasteiger partial charge is 0.150 e. The molecule has 0 aliphatic heterocycles. The van der Waals surface area contributed by atoms with Crippen LogP contribution >= 0.6 is 22.5 Å². The Hall–Kier alpha value is -0.610. The molecule has 0 aliphatic carbocycles. The molecule has 0 heterocycles. The number of hydrogen-bond acceptors (Lipinski definition) is 4. The molecule has 0 atom stereocenters. The molecule has 0 aliphatic rings. The molecule has 4 heteroatoms. The maximum atomic E-state index is 10.3. The van der Waals surface area contributed by atoms with E-state index in [2.05, 4.69) is 11.7 Å². The minimum absolute atomic E-state index is 0.591. The first-order chi connectivity index (χ1) is 5.27. The molecule has 2 nitrogen and oxygen atoms in total. The van der Waals surface area contributed by atoms with Crippen LogP contribution in [0.5, 0.6) is 0 Å². The molecule has 11 heavy (non-hydrogen) atoms. The van der Waals surface area contributed by atoms with Crippen molar-refractivity contribution in [2.75, 3.05) is 5.73 Å². The highest BCUT2D eigenvalue weighted by Crippen LogP contribution is 2.27. The fourth-order valence-electron chi connectivity index (χ4n) is 0.723. The van der Waals surface area contributed by atoms with Gasteiger partial charge in [0.1, 0.15) is 6.29 Å². The summed E-state index contributed by atoms with van der Waals surface area (Å²) in [6.07, 6.45) is 0.767.